The zero-order valence-electron chi connectivity index (χ0n) is 20.3. The minimum Gasteiger partial charge on any atom is -0.354 e. The summed E-state index contributed by atoms with van der Waals surface area (Å²) in [6.07, 6.45) is 6.47. The lowest BCUT2D eigenvalue weighted by molar-refractivity contribution is -0.158. The van der Waals surface area contributed by atoms with E-state index >= 15 is 0 Å². The third-order valence-corrected chi connectivity index (χ3v) is 5.62. The Labute approximate surface area is 207 Å². The molecule has 8 nitrogen and oxygen atoms in total. The molecule has 0 unspecified atom stereocenters. The molecule has 0 fully saturated rings. The zero-order chi connectivity index (χ0) is 25.3. The quantitative estimate of drug-likeness (QED) is 0.227. The molecule has 0 saturated heterocycles. The summed E-state index contributed by atoms with van der Waals surface area (Å²) >= 11 is 0. The van der Waals surface area contributed by atoms with Crippen molar-refractivity contribution in [2.24, 2.45) is 11.5 Å². The van der Waals surface area contributed by atoms with Gasteiger partial charge in [0.25, 0.3) is 5.91 Å². The van der Waals surface area contributed by atoms with Crippen LogP contribution in [0.5, 0.6) is 0 Å². The average molecular weight is 483 g/mol. The standard InChI is InChI=1S/C27H38N4O4/c28-18-7-6-12-24(29)27(34)30-19-17-26(33)35-31-25(32)20-23-15-13-22(14-16-23)11-5-4-10-21-8-2-1-3-9-21/h1-3,8-9,13-16,24H,4-7,10-12,17-20,28-29H2,(H,30,34)(H,31,32)/t24-/m0/s1. The van der Waals surface area contributed by atoms with Crippen LogP contribution in [-0.4, -0.2) is 36.9 Å². The van der Waals surface area contributed by atoms with Crippen molar-refractivity contribution in [3.05, 3.63) is 71.3 Å². The molecule has 2 rings (SSSR count). The Morgan fingerprint density at radius 3 is 2.11 bits per heavy atom. The Balaban J connectivity index is 1.57. The van der Waals surface area contributed by atoms with Crippen LogP contribution in [0.15, 0.2) is 54.6 Å². The van der Waals surface area contributed by atoms with Crippen LogP contribution in [0.3, 0.4) is 0 Å². The van der Waals surface area contributed by atoms with E-state index in [9.17, 15) is 14.4 Å². The average Bonchev–Trinajstić information content (AvgIpc) is 2.87. The first kappa shape index (κ1) is 28.0. The highest BCUT2D eigenvalue weighted by atomic mass is 16.7. The van der Waals surface area contributed by atoms with E-state index in [1.165, 1.54) is 11.1 Å². The van der Waals surface area contributed by atoms with Crippen LogP contribution in [-0.2, 0) is 38.5 Å². The van der Waals surface area contributed by atoms with Crippen LogP contribution < -0.4 is 22.3 Å². The minimum absolute atomic E-state index is 0.0689. The number of carbonyl (C=O) groups excluding carboxylic acids is 3. The van der Waals surface area contributed by atoms with Crippen molar-refractivity contribution in [2.45, 2.75) is 63.8 Å². The summed E-state index contributed by atoms with van der Waals surface area (Å²) in [6, 6.07) is 17.7. The van der Waals surface area contributed by atoms with E-state index in [4.69, 9.17) is 16.3 Å². The Hall–Kier alpha value is -3.23. The molecule has 190 valence electrons. The van der Waals surface area contributed by atoms with Gasteiger partial charge in [-0.15, -0.1) is 0 Å². The van der Waals surface area contributed by atoms with Crippen LogP contribution >= 0.6 is 0 Å². The zero-order valence-corrected chi connectivity index (χ0v) is 20.3. The van der Waals surface area contributed by atoms with Crippen molar-refractivity contribution in [1.29, 1.82) is 0 Å². The van der Waals surface area contributed by atoms with Gasteiger partial charge in [0.2, 0.25) is 5.91 Å². The lowest BCUT2D eigenvalue weighted by Crippen LogP contribution is -2.41. The van der Waals surface area contributed by atoms with Gasteiger partial charge in [-0.25, -0.2) is 4.79 Å². The second-order valence-electron chi connectivity index (χ2n) is 8.62. The van der Waals surface area contributed by atoms with Gasteiger partial charge in [-0.2, -0.15) is 5.48 Å². The molecule has 1 atom stereocenters. The fourth-order valence-corrected chi connectivity index (χ4v) is 3.57. The highest BCUT2D eigenvalue weighted by Gasteiger charge is 2.14. The lowest BCUT2D eigenvalue weighted by Gasteiger charge is -2.11. The maximum absolute atomic E-state index is 12.1. The number of aryl methyl sites for hydroxylation is 2. The molecule has 0 bridgehead atoms. The van der Waals surface area contributed by atoms with Gasteiger partial charge in [0.1, 0.15) is 0 Å². The molecule has 0 heterocycles. The topological polar surface area (TPSA) is 137 Å². The van der Waals surface area contributed by atoms with Crippen molar-refractivity contribution in [3.63, 3.8) is 0 Å². The SMILES string of the molecule is NCCCC[C@H](N)C(=O)NCCC(=O)ONC(=O)Cc1ccc(CCCCc2ccccc2)cc1. The van der Waals surface area contributed by atoms with Gasteiger partial charge in [0, 0.05) is 6.54 Å². The van der Waals surface area contributed by atoms with Gasteiger partial charge in [-0.1, -0.05) is 61.0 Å². The molecule has 0 aliphatic heterocycles. The van der Waals surface area contributed by atoms with Gasteiger partial charge < -0.3 is 21.6 Å². The van der Waals surface area contributed by atoms with Gasteiger partial charge in [0.05, 0.1) is 18.9 Å². The summed E-state index contributed by atoms with van der Waals surface area (Å²) in [5, 5.41) is 2.59. The highest BCUT2D eigenvalue weighted by Crippen LogP contribution is 2.11. The smallest absolute Gasteiger partial charge is 0.334 e. The number of unbranched alkanes of at least 4 members (excludes halogenated alkanes) is 2. The number of nitrogens with one attached hydrogen (secondary N) is 2. The summed E-state index contributed by atoms with van der Waals surface area (Å²) in [7, 11) is 0. The normalized spacial score (nSPS) is 11.5. The lowest BCUT2D eigenvalue weighted by atomic mass is 10.0. The second-order valence-corrected chi connectivity index (χ2v) is 8.62. The van der Waals surface area contributed by atoms with E-state index in [1.807, 2.05) is 30.3 Å². The van der Waals surface area contributed by atoms with Crippen molar-refractivity contribution >= 4 is 17.8 Å². The molecular weight excluding hydrogens is 444 g/mol. The Morgan fingerprint density at radius 2 is 1.46 bits per heavy atom. The molecule has 2 aromatic rings. The van der Waals surface area contributed by atoms with E-state index in [-0.39, 0.29) is 25.3 Å². The molecule has 2 amide bonds. The van der Waals surface area contributed by atoms with E-state index in [0.717, 1.165) is 44.1 Å². The molecule has 6 N–H and O–H groups in total. The summed E-state index contributed by atoms with van der Waals surface area (Å²) in [5.41, 5.74) is 16.8. The minimum atomic E-state index is -0.638. The predicted octanol–water partition coefficient (Wildman–Crippen LogP) is 2.33. The van der Waals surface area contributed by atoms with Crippen LogP contribution in [0.1, 0.15) is 55.2 Å². The molecular formula is C27H38N4O4. The van der Waals surface area contributed by atoms with Crippen molar-refractivity contribution in [2.75, 3.05) is 13.1 Å². The van der Waals surface area contributed by atoms with E-state index in [0.29, 0.717) is 13.0 Å². The molecule has 0 saturated carbocycles. The van der Waals surface area contributed by atoms with Crippen LogP contribution in [0.4, 0.5) is 0 Å². The maximum atomic E-state index is 12.1. The number of amides is 2. The van der Waals surface area contributed by atoms with Gasteiger partial charge in [-0.3, -0.25) is 9.59 Å². The molecule has 35 heavy (non-hydrogen) atoms. The summed E-state index contributed by atoms with van der Waals surface area (Å²) in [5.74, 6) is -1.38. The molecule has 8 heteroatoms. The first-order chi connectivity index (χ1) is 17.0. The Bertz CT molecular complexity index is 903. The summed E-state index contributed by atoms with van der Waals surface area (Å²) in [6.45, 7) is 0.651. The molecule has 0 spiro atoms. The fourth-order valence-electron chi connectivity index (χ4n) is 3.57. The van der Waals surface area contributed by atoms with Crippen molar-refractivity contribution in [3.8, 4) is 0 Å². The van der Waals surface area contributed by atoms with Gasteiger partial charge in [0.15, 0.2) is 0 Å². The molecule has 0 aliphatic carbocycles. The molecule has 0 radical (unpaired) electrons. The first-order valence-corrected chi connectivity index (χ1v) is 12.3. The first-order valence-electron chi connectivity index (χ1n) is 12.3. The molecule has 0 aromatic heterocycles. The van der Waals surface area contributed by atoms with Gasteiger partial charge in [-0.05, 0) is 61.8 Å². The van der Waals surface area contributed by atoms with Crippen LogP contribution in [0.2, 0.25) is 0 Å². The van der Waals surface area contributed by atoms with E-state index in [1.54, 1.807) is 0 Å². The maximum Gasteiger partial charge on any atom is 0.334 e. The Kier molecular flexibility index (Phi) is 13.1. The number of hydroxylamine groups is 1. The number of hydrogen-bond donors (Lipinski definition) is 4. The van der Waals surface area contributed by atoms with E-state index < -0.39 is 17.9 Å². The summed E-state index contributed by atoms with van der Waals surface area (Å²) in [4.78, 5) is 40.5. The predicted molar refractivity (Wildman–Crippen MR) is 136 cm³/mol. The van der Waals surface area contributed by atoms with Crippen LogP contribution in [0, 0.1) is 0 Å². The second kappa shape index (κ2) is 16.4. The third kappa shape index (κ3) is 12.2. The summed E-state index contributed by atoms with van der Waals surface area (Å²) < 4.78 is 0. The number of benzene rings is 2. The fraction of sp³-hybridized carbons (Fsp3) is 0.444. The number of carbonyl (C=O) groups is 3. The molecule has 0 aliphatic rings. The largest absolute Gasteiger partial charge is 0.354 e. The number of nitrogens with two attached hydrogens (primary N) is 2. The highest BCUT2D eigenvalue weighted by molar-refractivity contribution is 5.82. The third-order valence-electron chi connectivity index (χ3n) is 5.62. The van der Waals surface area contributed by atoms with Gasteiger partial charge >= 0.3 is 5.97 Å². The molecule has 2 aromatic carbocycles. The van der Waals surface area contributed by atoms with E-state index in [2.05, 4.69) is 35.1 Å². The monoisotopic (exact) mass is 482 g/mol. The Morgan fingerprint density at radius 1 is 0.829 bits per heavy atom. The number of rotatable bonds is 15. The van der Waals surface area contributed by atoms with Crippen molar-refractivity contribution in [1.82, 2.24) is 10.8 Å². The van der Waals surface area contributed by atoms with Crippen LogP contribution in [0.25, 0.3) is 0 Å². The number of hydrogen-bond acceptors (Lipinski definition) is 6. The van der Waals surface area contributed by atoms with Crippen molar-refractivity contribution < 1.29 is 19.2 Å².